The van der Waals surface area contributed by atoms with Crippen LogP contribution in [0.2, 0.25) is 0 Å². The summed E-state index contributed by atoms with van der Waals surface area (Å²) < 4.78 is 72.6. The molecule has 2 heterocycles. The lowest BCUT2D eigenvalue weighted by Gasteiger charge is -2.38. The predicted molar refractivity (Wildman–Crippen MR) is 156 cm³/mol. The van der Waals surface area contributed by atoms with Gasteiger partial charge in [-0.2, -0.15) is 0 Å². The Bertz CT molecular complexity index is 1790. The summed E-state index contributed by atoms with van der Waals surface area (Å²) in [6.45, 7) is 4.25. The van der Waals surface area contributed by atoms with Crippen molar-refractivity contribution in [2.75, 3.05) is 16.8 Å². The number of nitrogens with one attached hydrogen (secondary N) is 1. The van der Waals surface area contributed by atoms with E-state index in [0.717, 1.165) is 16.5 Å². The number of rotatable bonds is 5. The van der Waals surface area contributed by atoms with E-state index in [2.05, 4.69) is 5.32 Å². The van der Waals surface area contributed by atoms with Crippen molar-refractivity contribution in [1.29, 1.82) is 0 Å². The molecule has 0 saturated heterocycles. The molecule has 0 aliphatic carbocycles. The largest absolute Gasteiger partial charge is 0.506 e. The summed E-state index contributed by atoms with van der Waals surface area (Å²) in [5, 5.41) is 14.0. The topological polar surface area (TPSA) is 71.0 Å². The number of phenols is 1. The molecule has 0 spiro atoms. The quantitative estimate of drug-likeness (QED) is 0.137. The summed E-state index contributed by atoms with van der Waals surface area (Å²) in [7, 11) is 0. The van der Waals surface area contributed by atoms with Gasteiger partial charge in [-0.25, -0.2) is 17.6 Å². The third-order valence-electron chi connectivity index (χ3n) is 7.63. The summed E-state index contributed by atoms with van der Waals surface area (Å²) in [6, 6.07) is 17.4. The van der Waals surface area contributed by atoms with Crippen LogP contribution in [0.3, 0.4) is 0 Å². The van der Waals surface area contributed by atoms with Gasteiger partial charge in [-0.3, -0.25) is 9.69 Å². The van der Waals surface area contributed by atoms with Gasteiger partial charge in [-0.1, -0.05) is 50.2 Å². The van der Waals surface area contributed by atoms with Crippen LogP contribution in [0.15, 0.2) is 90.3 Å². The fourth-order valence-electron chi connectivity index (χ4n) is 5.50. The number of halogens is 4. The Kier molecular flexibility index (Phi) is 7.44. The maximum atomic E-state index is 16.1. The van der Waals surface area contributed by atoms with Crippen LogP contribution in [0.4, 0.5) is 28.9 Å². The number of amides is 1. The number of carbonyl (C=O) groups is 1. The molecule has 0 fully saturated rings. The van der Waals surface area contributed by atoms with Crippen LogP contribution in [0.25, 0.3) is 0 Å². The van der Waals surface area contributed by atoms with Crippen LogP contribution in [0, 0.1) is 28.7 Å². The van der Waals surface area contributed by atoms with Crippen molar-refractivity contribution in [2.45, 2.75) is 32.9 Å². The Morgan fingerprint density at radius 1 is 0.977 bits per heavy atom. The smallest absolute Gasteiger partial charge is 0.265 e. The zero-order chi connectivity index (χ0) is 31.2. The van der Waals surface area contributed by atoms with E-state index < -0.39 is 46.2 Å². The van der Waals surface area contributed by atoms with Gasteiger partial charge in [0.2, 0.25) is 0 Å². The minimum absolute atomic E-state index is 0.0253. The molecule has 226 valence electrons. The predicted octanol–water partition coefficient (Wildman–Crippen LogP) is 8.00. The van der Waals surface area contributed by atoms with E-state index in [0.29, 0.717) is 24.3 Å². The van der Waals surface area contributed by atoms with Gasteiger partial charge >= 0.3 is 0 Å². The molecule has 10 heteroatoms. The van der Waals surface area contributed by atoms with Gasteiger partial charge in [0, 0.05) is 17.0 Å². The third-order valence-corrected chi connectivity index (χ3v) is 7.63. The monoisotopic (exact) mass is 604 g/mol. The van der Waals surface area contributed by atoms with Crippen molar-refractivity contribution in [1.82, 2.24) is 0 Å². The minimum Gasteiger partial charge on any atom is -0.506 e. The van der Waals surface area contributed by atoms with Gasteiger partial charge < -0.3 is 19.9 Å². The Morgan fingerprint density at radius 3 is 2.48 bits per heavy atom. The van der Waals surface area contributed by atoms with Gasteiger partial charge in [0.15, 0.2) is 11.6 Å². The van der Waals surface area contributed by atoms with Crippen molar-refractivity contribution in [3.63, 3.8) is 0 Å². The van der Waals surface area contributed by atoms with E-state index in [4.69, 9.17) is 9.47 Å². The molecule has 2 N–H and O–H groups in total. The Balaban J connectivity index is 1.53. The SMILES string of the molecule is CC1(C)COC2=C(C1)Nc1c(O)cccc1N(C(=O)c1c(F)ccc(F)c1F)C2c1ccc(OCc2ccccc2)cc1F. The van der Waals surface area contributed by atoms with Crippen LogP contribution < -0.4 is 15.0 Å². The number of para-hydroxylation sites is 1. The number of hydrogen-bond donors (Lipinski definition) is 2. The number of hydrogen-bond acceptors (Lipinski definition) is 5. The lowest BCUT2D eigenvalue weighted by Crippen LogP contribution is -2.39. The van der Waals surface area contributed by atoms with E-state index in [9.17, 15) is 14.3 Å². The fraction of sp³-hybridized carbons (Fsp3) is 0.206. The van der Waals surface area contributed by atoms with Crippen LogP contribution in [0.1, 0.15) is 47.8 Å². The van der Waals surface area contributed by atoms with Crippen molar-refractivity contribution in [3.8, 4) is 11.5 Å². The van der Waals surface area contributed by atoms with Crippen LogP contribution in [0.5, 0.6) is 11.5 Å². The van der Waals surface area contributed by atoms with Crippen LogP contribution in [-0.2, 0) is 11.3 Å². The maximum absolute atomic E-state index is 16.1. The zero-order valence-electron chi connectivity index (χ0n) is 23.8. The van der Waals surface area contributed by atoms with E-state index in [-0.39, 0.29) is 47.4 Å². The second kappa shape index (κ2) is 11.3. The van der Waals surface area contributed by atoms with Crippen LogP contribution >= 0.6 is 0 Å². The molecule has 0 bridgehead atoms. The maximum Gasteiger partial charge on any atom is 0.265 e. The van der Waals surface area contributed by atoms with Crippen molar-refractivity contribution < 1.29 is 36.9 Å². The molecule has 44 heavy (non-hydrogen) atoms. The molecular formula is C34H28F4N2O4. The highest BCUT2D eigenvalue weighted by Crippen LogP contribution is 2.50. The van der Waals surface area contributed by atoms with Crippen molar-refractivity contribution in [3.05, 3.63) is 130 Å². The first-order valence-corrected chi connectivity index (χ1v) is 13.9. The average molecular weight is 605 g/mol. The molecule has 0 saturated carbocycles. The molecular weight excluding hydrogens is 576 g/mol. The summed E-state index contributed by atoms with van der Waals surface area (Å²) in [4.78, 5) is 15.1. The van der Waals surface area contributed by atoms with Crippen molar-refractivity contribution >= 4 is 17.3 Å². The summed E-state index contributed by atoms with van der Waals surface area (Å²) in [6.07, 6.45) is 0.372. The van der Waals surface area contributed by atoms with E-state index >= 15 is 13.2 Å². The lowest BCUT2D eigenvalue weighted by atomic mass is 9.85. The second-order valence-corrected chi connectivity index (χ2v) is 11.5. The fourth-order valence-corrected chi connectivity index (χ4v) is 5.50. The Morgan fingerprint density at radius 2 is 1.73 bits per heavy atom. The van der Waals surface area contributed by atoms with E-state index in [1.807, 2.05) is 44.2 Å². The highest BCUT2D eigenvalue weighted by Gasteiger charge is 2.44. The summed E-state index contributed by atoms with van der Waals surface area (Å²) in [5.41, 5.74) is -0.324. The first-order valence-electron chi connectivity index (χ1n) is 13.9. The number of allylic oxidation sites excluding steroid dienone is 1. The molecule has 2 aliphatic rings. The highest BCUT2D eigenvalue weighted by atomic mass is 19.2. The number of ether oxygens (including phenoxy) is 2. The first kappa shape index (κ1) is 29.1. The highest BCUT2D eigenvalue weighted by molar-refractivity contribution is 6.10. The van der Waals surface area contributed by atoms with Gasteiger partial charge in [-0.15, -0.1) is 0 Å². The number of benzene rings is 4. The molecule has 6 nitrogen and oxygen atoms in total. The number of fused-ring (bicyclic) bond motifs is 1. The van der Waals surface area contributed by atoms with E-state index in [1.54, 1.807) is 0 Å². The molecule has 1 unspecified atom stereocenters. The van der Waals surface area contributed by atoms with Gasteiger partial charge in [0.25, 0.3) is 5.91 Å². The molecule has 0 radical (unpaired) electrons. The normalized spacial score (nSPS) is 17.1. The molecule has 0 aromatic heterocycles. The van der Waals surface area contributed by atoms with E-state index in [1.165, 1.54) is 30.3 Å². The Hall–Kier alpha value is -4.99. The van der Waals surface area contributed by atoms with Gasteiger partial charge in [0.05, 0.1) is 18.0 Å². The van der Waals surface area contributed by atoms with Crippen molar-refractivity contribution in [2.24, 2.45) is 5.41 Å². The summed E-state index contributed by atoms with van der Waals surface area (Å²) in [5.74, 6) is -6.48. The summed E-state index contributed by atoms with van der Waals surface area (Å²) >= 11 is 0. The molecule has 6 rings (SSSR count). The molecule has 1 amide bonds. The standard InChI is InChI=1S/C34H28F4N2O4/c1-34(2)16-25-32(44-18-34)31(21-12-11-20(15-24(21)37)43-17-19-7-4-3-5-8-19)40(26-9-6-10-27(41)30(26)39-25)33(42)28-22(35)13-14-23(36)29(28)38/h3-15,31,39,41H,16-18H2,1-2H3. The minimum atomic E-state index is -1.70. The first-order chi connectivity index (χ1) is 21.0. The molecule has 4 aromatic rings. The van der Waals surface area contributed by atoms with Gasteiger partial charge in [-0.05, 0) is 48.4 Å². The third kappa shape index (κ3) is 5.32. The zero-order valence-corrected chi connectivity index (χ0v) is 23.8. The molecule has 1 atom stereocenters. The number of anilines is 2. The number of carbonyl (C=O) groups excluding carboxylic acids is 1. The number of nitrogens with zero attached hydrogens (tertiary/aromatic N) is 1. The average Bonchev–Trinajstić information content (AvgIpc) is 3.13. The van der Waals surface area contributed by atoms with Gasteiger partial charge in [0.1, 0.15) is 52.8 Å². The van der Waals surface area contributed by atoms with Crippen LogP contribution in [-0.4, -0.2) is 17.6 Å². The second-order valence-electron chi connectivity index (χ2n) is 11.5. The number of phenolic OH excluding ortho intramolecular Hbond substituents is 1. The Labute approximate surface area is 251 Å². The molecule has 4 aromatic carbocycles. The lowest BCUT2D eigenvalue weighted by molar-refractivity contribution is 0.0755. The number of aromatic hydroxyl groups is 1. The molecule has 2 aliphatic heterocycles.